The minimum atomic E-state index is -1.33. The third-order valence-corrected chi connectivity index (χ3v) is 9.19. The van der Waals surface area contributed by atoms with E-state index in [1.54, 1.807) is 13.0 Å². The number of pyridine rings is 1. The number of allylic oxidation sites excluding steroid dienone is 2. The minimum Gasteiger partial charge on any atom is -0.869 e. The van der Waals surface area contributed by atoms with Crippen LogP contribution in [0.5, 0.6) is 5.75 Å². The number of aromatic nitrogens is 1. The van der Waals surface area contributed by atoms with Crippen molar-refractivity contribution in [1.82, 2.24) is 10.3 Å². The fraction of sp³-hybridized carbons (Fsp3) is 0.371. The van der Waals surface area contributed by atoms with Crippen LogP contribution in [0.2, 0.25) is 5.02 Å². The van der Waals surface area contributed by atoms with Crippen LogP contribution in [0.15, 0.2) is 53.3 Å². The van der Waals surface area contributed by atoms with E-state index in [0.717, 1.165) is 32.0 Å². The van der Waals surface area contributed by atoms with Gasteiger partial charge in [0, 0.05) is 28.5 Å². The molecule has 0 spiro atoms. The Kier molecular flexibility index (Phi) is 10.1. The number of fused-ring (bicyclic) bond motifs is 1. The standard InChI is InChI=1S/C32H28ClFN4O5.C3H4F.Li/c1-16-9-17(10-24(26(16)35)43-20-6-7-20)29(40)37-13-32(14-39,18-3-4-18)25-12-22-28(42-15-31(22,2)30(36)41)27(38-25)21-11-19(33)5-8-23(21)34;4-3-1-2-3;/h1,5,8-12,14,18,20H,3-4,6-7,13,15H2,2H3,(H2,36,41)(H,37,40);1-2H2;/q-2;-1;+1/t31-,32+;;/m0../s1. The van der Waals surface area contributed by atoms with E-state index in [4.69, 9.17) is 38.4 Å². The summed E-state index contributed by atoms with van der Waals surface area (Å²) in [4.78, 5) is 43.7. The second kappa shape index (κ2) is 13.6. The Hall–Kier alpha value is -3.78. The summed E-state index contributed by atoms with van der Waals surface area (Å²) < 4.78 is 37.8. The second-order valence-corrected chi connectivity index (χ2v) is 13.1. The number of halogens is 3. The zero-order valence-electron chi connectivity index (χ0n) is 26.6. The number of benzene rings is 1. The van der Waals surface area contributed by atoms with E-state index >= 15 is 4.39 Å². The molecule has 2 atom stereocenters. The molecule has 2 amide bonds. The third-order valence-electron chi connectivity index (χ3n) is 8.96. The molecule has 2 heterocycles. The van der Waals surface area contributed by atoms with E-state index in [2.05, 4.69) is 5.32 Å². The van der Waals surface area contributed by atoms with Gasteiger partial charge < -0.3 is 35.1 Å². The Labute approximate surface area is 294 Å². The Morgan fingerprint density at radius 2 is 1.96 bits per heavy atom. The van der Waals surface area contributed by atoms with Crippen LogP contribution in [-0.2, 0) is 30.0 Å². The molecule has 0 unspecified atom stereocenters. The first-order valence-corrected chi connectivity index (χ1v) is 15.7. The van der Waals surface area contributed by atoms with Gasteiger partial charge in [0.1, 0.15) is 35.6 Å². The van der Waals surface area contributed by atoms with Crippen molar-refractivity contribution in [2.24, 2.45) is 11.7 Å². The second-order valence-electron chi connectivity index (χ2n) is 12.7. The van der Waals surface area contributed by atoms with Gasteiger partial charge in [0.05, 0.1) is 17.2 Å². The van der Waals surface area contributed by atoms with Gasteiger partial charge in [0.2, 0.25) is 11.8 Å². The van der Waals surface area contributed by atoms with Gasteiger partial charge in [-0.05, 0) is 74.4 Å². The quantitative estimate of drug-likeness (QED) is 0.226. The maximum atomic E-state index is 15.2. The summed E-state index contributed by atoms with van der Waals surface area (Å²) in [7, 11) is 0. The molecule has 13 heteroatoms. The van der Waals surface area contributed by atoms with Crippen molar-refractivity contribution in [2.45, 2.75) is 62.4 Å². The number of ether oxygens (including phenoxy) is 2. The fourth-order valence-electron chi connectivity index (χ4n) is 5.52. The van der Waals surface area contributed by atoms with Crippen molar-refractivity contribution >= 4 is 35.4 Å². The molecule has 48 heavy (non-hydrogen) atoms. The molecule has 1 aliphatic heterocycles. The van der Waals surface area contributed by atoms with Crippen LogP contribution < -0.4 is 34.6 Å². The number of rotatable bonds is 10. The first-order valence-electron chi connectivity index (χ1n) is 15.3. The molecule has 0 radical (unpaired) electrons. The summed E-state index contributed by atoms with van der Waals surface area (Å²) in [5.74, 6) is -1.74. The van der Waals surface area contributed by atoms with Gasteiger partial charge in [-0.1, -0.05) is 11.6 Å². The van der Waals surface area contributed by atoms with Crippen LogP contribution in [0, 0.1) is 24.5 Å². The SMILES string of the molecule is F[C-]1CC1.[CH-]=C1C=C(C(=O)NC[C@](C=O)(c2cc3c(c(-c4cc(Cl)ccc4F)n2)OC[C@]3(C)C(N)=O)C2CC2)C=C(OC2CC2)C1=[N-].[Li+]. The number of nitrogens with one attached hydrogen (secondary N) is 1. The number of primary amides is 1. The zero-order chi connectivity index (χ0) is 33.7. The number of nitrogens with zero attached hydrogens (tertiary/aromatic N) is 2. The molecule has 0 bridgehead atoms. The van der Waals surface area contributed by atoms with Crippen LogP contribution in [0.25, 0.3) is 16.7 Å². The van der Waals surface area contributed by atoms with Gasteiger partial charge in [-0.2, -0.15) is 25.1 Å². The Bertz CT molecular complexity index is 1770. The van der Waals surface area contributed by atoms with Crippen LogP contribution in [0.1, 0.15) is 56.7 Å². The summed E-state index contributed by atoms with van der Waals surface area (Å²) in [5, 5.41) is 13.4. The van der Waals surface area contributed by atoms with Crippen molar-refractivity contribution in [1.29, 1.82) is 0 Å². The number of carbonyl (C=O) groups is 3. The summed E-state index contributed by atoms with van der Waals surface area (Å²) in [6, 6.07) is 5.58. The molecule has 2 aromatic rings. The smallest absolute Gasteiger partial charge is 0.869 e. The molecule has 3 fully saturated rings. The molecule has 1 aromatic carbocycles. The Balaban J connectivity index is 0.000000840. The topological polar surface area (TPSA) is 143 Å². The van der Waals surface area contributed by atoms with Gasteiger partial charge in [0.15, 0.2) is 0 Å². The minimum absolute atomic E-state index is 0. The normalized spacial score (nSPS) is 22.3. The van der Waals surface area contributed by atoms with E-state index < -0.39 is 28.5 Å². The molecule has 7 rings (SSSR count). The third kappa shape index (κ3) is 7.00. The Morgan fingerprint density at radius 1 is 1.27 bits per heavy atom. The average molecular weight is 669 g/mol. The molecule has 3 saturated carbocycles. The summed E-state index contributed by atoms with van der Waals surface area (Å²) in [5.41, 5.74) is 3.76. The van der Waals surface area contributed by atoms with Crippen LogP contribution in [-0.4, -0.2) is 48.1 Å². The largest absolute Gasteiger partial charge is 1.00 e. The number of hydrogen-bond donors (Lipinski definition) is 2. The van der Waals surface area contributed by atoms with Crippen LogP contribution in [0.3, 0.4) is 0 Å². The van der Waals surface area contributed by atoms with E-state index in [-0.39, 0.29) is 101 Å². The summed E-state index contributed by atoms with van der Waals surface area (Å²) in [6.45, 7) is 7.30. The Morgan fingerprint density at radius 3 is 2.54 bits per heavy atom. The van der Waals surface area contributed by atoms with E-state index in [0.29, 0.717) is 18.4 Å². The first kappa shape index (κ1) is 35.5. The van der Waals surface area contributed by atoms with Gasteiger partial charge in [-0.15, -0.1) is 0 Å². The molecule has 0 saturated heterocycles. The molecule has 5 aliphatic rings. The van der Waals surface area contributed by atoms with Crippen molar-refractivity contribution in [2.75, 3.05) is 13.2 Å². The maximum absolute atomic E-state index is 15.2. The predicted octanol–water partition coefficient (Wildman–Crippen LogP) is 2.30. The van der Waals surface area contributed by atoms with Crippen molar-refractivity contribution < 1.29 is 51.5 Å². The molecule has 9 nitrogen and oxygen atoms in total. The van der Waals surface area contributed by atoms with Crippen LogP contribution in [0.4, 0.5) is 8.78 Å². The van der Waals surface area contributed by atoms with Crippen molar-refractivity contribution in [3.63, 3.8) is 0 Å². The molecule has 1 aromatic heterocycles. The average Bonchev–Trinajstić information content (AvgIpc) is 3.91. The number of nitrogens with two attached hydrogens (primary N) is 1. The van der Waals surface area contributed by atoms with Crippen molar-refractivity contribution in [3.8, 4) is 17.0 Å². The molecule has 4 aliphatic carbocycles. The zero-order valence-corrected chi connectivity index (χ0v) is 27.3. The summed E-state index contributed by atoms with van der Waals surface area (Å²) in [6.07, 6.45) is 8.12. The fourth-order valence-corrected chi connectivity index (χ4v) is 5.69. The number of amides is 2. The van der Waals surface area contributed by atoms with Gasteiger partial charge in [-0.3, -0.25) is 9.59 Å². The number of aldehydes is 1. The van der Waals surface area contributed by atoms with E-state index in [1.807, 2.05) is 0 Å². The number of carbonyl (C=O) groups excluding carboxylic acids is 3. The van der Waals surface area contributed by atoms with Gasteiger partial charge >= 0.3 is 18.9 Å². The first-order chi connectivity index (χ1) is 22.4. The maximum Gasteiger partial charge on any atom is 1.00 e. The van der Waals surface area contributed by atoms with Crippen molar-refractivity contribution in [3.05, 3.63) is 93.6 Å². The molecule has 3 N–H and O–H groups in total. The molecular weight excluding hydrogens is 637 g/mol. The van der Waals surface area contributed by atoms with Crippen LogP contribution >= 0.6 is 11.6 Å². The number of hydrogen-bond acceptors (Lipinski definition) is 6. The monoisotopic (exact) mass is 668 g/mol. The van der Waals surface area contributed by atoms with E-state index in [9.17, 15) is 24.2 Å². The molecule has 246 valence electrons. The summed E-state index contributed by atoms with van der Waals surface area (Å²) >= 11 is 6.20. The molecular formula is C35H32ClF2LiN4O5-2. The van der Waals surface area contributed by atoms with Gasteiger partial charge in [0.25, 0.3) is 0 Å². The van der Waals surface area contributed by atoms with E-state index in [1.165, 1.54) is 30.4 Å². The predicted molar refractivity (Wildman–Crippen MR) is 170 cm³/mol. The van der Waals surface area contributed by atoms with Gasteiger partial charge in [-0.25, -0.2) is 27.2 Å².